The third-order valence-corrected chi connectivity index (χ3v) is 5.39. The molecule has 8 nitrogen and oxygen atoms in total. The smallest absolute Gasteiger partial charge is 0.267 e. The molecular formula is C20H27N3O5. The van der Waals surface area contributed by atoms with E-state index in [0.717, 1.165) is 19.4 Å². The van der Waals surface area contributed by atoms with Gasteiger partial charge in [0.1, 0.15) is 6.61 Å². The van der Waals surface area contributed by atoms with E-state index in [1.54, 1.807) is 4.90 Å². The van der Waals surface area contributed by atoms with E-state index in [1.807, 2.05) is 24.3 Å². The predicted octanol–water partition coefficient (Wildman–Crippen LogP) is 0.312. The third-order valence-electron chi connectivity index (χ3n) is 5.39. The maximum Gasteiger partial charge on any atom is 0.267 e. The highest BCUT2D eigenvalue weighted by atomic mass is 16.6. The van der Waals surface area contributed by atoms with Gasteiger partial charge < -0.3 is 29.7 Å². The number of rotatable bonds is 4. The molecule has 3 aliphatic rings. The number of carbonyl (C=O) groups excluding carboxylic acids is 2. The number of morpholine rings is 1. The van der Waals surface area contributed by atoms with Gasteiger partial charge in [0.15, 0.2) is 11.5 Å². The summed E-state index contributed by atoms with van der Waals surface area (Å²) >= 11 is 0. The molecule has 2 unspecified atom stereocenters. The molecule has 0 aromatic heterocycles. The third kappa shape index (κ3) is 4.56. The van der Waals surface area contributed by atoms with Crippen molar-refractivity contribution in [2.24, 2.45) is 0 Å². The largest absolute Gasteiger partial charge is 0.485 e. The second-order valence-electron chi connectivity index (χ2n) is 7.46. The Labute approximate surface area is 164 Å². The lowest BCUT2D eigenvalue weighted by Gasteiger charge is -2.35. The first-order valence-corrected chi connectivity index (χ1v) is 9.97. The molecule has 3 heterocycles. The lowest BCUT2D eigenvalue weighted by atomic mass is 10.0. The first-order chi connectivity index (χ1) is 13.7. The molecule has 2 fully saturated rings. The summed E-state index contributed by atoms with van der Waals surface area (Å²) in [6.45, 7) is 3.50. The average Bonchev–Trinajstić information content (AvgIpc) is 2.74. The highest BCUT2D eigenvalue weighted by Gasteiger charge is 2.33. The molecule has 0 aliphatic carbocycles. The van der Waals surface area contributed by atoms with Gasteiger partial charge in [0.25, 0.3) is 5.91 Å². The normalized spacial score (nSPS) is 25.2. The first-order valence-electron chi connectivity index (χ1n) is 9.97. The maximum atomic E-state index is 12.8. The van der Waals surface area contributed by atoms with E-state index in [2.05, 4.69) is 10.6 Å². The number of hydrogen-bond acceptors (Lipinski definition) is 6. The molecule has 2 atom stereocenters. The lowest BCUT2D eigenvalue weighted by Crippen LogP contribution is -2.52. The summed E-state index contributed by atoms with van der Waals surface area (Å²) in [5.41, 5.74) is 0. The summed E-state index contributed by atoms with van der Waals surface area (Å²) in [5, 5.41) is 6.38. The Balaban J connectivity index is 1.22. The van der Waals surface area contributed by atoms with Gasteiger partial charge in [-0.1, -0.05) is 12.1 Å². The van der Waals surface area contributed by atoms with Crippen LogP contribution in [0.5, 0.6) is 11.5 Å². The van der Waals surface area contributed by atoms with Crippen LogP contribution >= 0.6 is 0 Å². The van der Waals surface area contributed by atoms with Crippen molar-refractivity contribution in [1.82, 2.24) is 15.5 Å². The Morgan fingerprint density at radius 1 is 1.14 bits per heavy atom. The minimum absolute atomic E-state index is 0.0356. The van der Waals surface area contributed by atoms with Crippen LogP contribution in [-0.4, -0.2) is 74.4 Å². The number of benzene rings is 1. The van der Waals surface area contributed by atoms with Crippen molar-refractivity contribution in [1.29, 1.82) is 0 Å². The second kappa shape index (κ2) is 8.79. The van der Waals surface area contributed by atoms with E-state index in [9.17, 15) is 9.59 Å². The van der Waals surface area contributed by atoms with E-state index < -0.39 is 6.10 Å². The fourth-order valence-corrected chi connectivity index (χ4v) is 3.85. The molecule has 3 aliphatic heterocycles. The van der Waals surface area contributed by atoms with Gasteiger partial charge in [0.05, 0.1) is 13.2 Å². The molecule has 0 spiro atoms. The monoisotopic (exact) mass is 389 g/mol. The Morgan fingerprint density at radius 2 is 1.93 bits per heavy atom. The molecule has 28 heavy (non-hydrogen) atoms. The summed E-state index contributed by atoms with van der Waals surface area (Å²) in [6, 6.07) is 7.56. The number of para-hydroxylation sites is 2. The Bertz CT molecular complexity index is 699. The van der Waals surface area contributed by atoms with Gasteiger partial charge in [-0.2, -0.15) is 0 Å². The van der Waals surface area contributed by atoms with Gasteiger partial charge in [-0.05, 0) is 25.0 Å². The van der Waals surface area contributed by atoms with E-state index in [4.69, 9.17) is 14.2 Å². The van der Waals surface area contributed by atoms with Gasteiger partial charge in [0.2, 0.25) is 12.0 Å². The molecule has 1 aromatic rings. The van der Waals surface area contributed by atoms with Crippen LogP contribution in [0.4, 0.5) is 0 Å². The average molecular weight is 389 g/mol. The number of amides is 2. The van der Waals surface area contributed by atoms with Crippen LogP contribution in [0.1, 0.15) is 19.3 Å². The number of likely N-dealkylation sites (tertiary alicyclic amines) is 1. The SMILES string of the molecule is O=C(CC1COCCN1)NC1CCN(C(=O)C2COc3ccccc3O2)CC1. The van der Waals surface area contributed by atoms with Crippen molar-refractivity contribution in [3.05, 3.63) is 24.3 Å². The fourth-order valence-electron chi connectivity index (χ4n) is 3.85. The minimum atomic E-state index is -0.613. The molecule has 2 saturated heterocycles. The predicted molar refractivity (Wildman–Crippen MR) is 101 cm³/mol. The van der Waals surface area contributed by atoms with E-state index in [1.165, 1.54) is 0 Å². The van der Waals surface area contributed by atoms with Gasteiger partial charge in [0, 0.05) is 38.1 Å². The van der Waals surface area contributed by atoms with Crippen LogP contribution in [0.2, 0.25) is 0 Å². The van der Waals surface area contributed by atoms with Gasteiger partial charge in [-0.15, -0.1) is 0 Å². The number of hydrogen-bond donors (Lipinski definition) is 2. The number of ether oxygens (including phenoxy) is 3. The van der Waals surface area contributed by atoms with Crippen molar-refractivity contribution < 1.29 is 23.8 Å². The van der Waals surface area contributed by atoms with E-state index in [-0.39, 0.29) is 30.5 Å². The standard InChI is InChI=1S/C20H27N3O5/c24-19(11-15-12-26-10-7-21-15)22-14-5-8-23(9-6-14)20(25)18-13-27-16-3-1-2-4-17(16)28-18/h1-4,14-15,18,21H,5-13H2,(H,22,24). The summed E-state index contributed by atoms with van der Waals surface area (Å²) < 4.78 is 16.9. The second-order valence-corrected chi connectivity index (χ2v) is 7.46. The fraction of sp³-hybridized carbons (Fsp3) is 0.600. The van der Waals surface area contributed by atoms with Gasteiger partial charge in [-0.25, -0.2) is 0 Å². The Hall–Kier alpha value is -2.32. The van der Waals surface area contributed by atoms with Crippen molar-refractivity contribution >= 4 is 11.8 Å². The quantitative estimate of drug-likeness (QED) is 0.771. The molecule has 152 valence electrons. The summed E-state index contributed by atoms with van der Waals surface area (Å²) in [6.07, 6.45) is 1.30. The zero-order chi connectivity index (χ0) is 19.3. The molecule has 2 N–H and O–H groups in total. The summed E-state index contributed by atoms with van der Waals surface area (Å²) in [7, 11) is 0. The number of nitrogens with zero attached hydrogens (tertiary/aromatic N) is 1. The molecule has 0 radical (unpaired) electrons. The minimum Gasteiger partial charge on any atom is -0.485 e. The van der Waals surface area contributed by atoms with Gasteiger partial charge >= 0.3 is 0 Å². The lowest BCUT2D eigenvalue weighted by molar-refractivity contribution is -0.142. The number of nitrogens with one attached hydrogen (secondary N) is 2. The van der Waals surface area contributed by atoms with Crippen LogP contribution in [0, 0.1) is 0 Å². The molecule has 8 heteroatoms. The number of carbonyl (C=O) groups is 2. The Morgan fingerprint density at radius 3 is 2.68 bits per heavy atom. The highest BCUT2D eigenvalue weighted by molar-refractivity contribution is 5.82. The molecule has 4 rings (SSSR count). The summed E-state index contributed by atoms with van der Waals surface area (Å²) in [5.74, 6) is 1.26. The van der Waals surface area contributed by atoms with Gasteiger partial charge in [-0.3, -0.25) is 9.59 Å². The van der Waals surface area contributed by atoms with Crippen molar-refractivity contribution in [3.8, 4) is 11.5 Å². The van der Waals surface area contributed by atoms with Crippen molar-refractivity contribution in [3.63, 3.8) is 0 Å². The van der Waals surface area contributed by atoms with Crippen LogP contribution in [0.3, 0.4) is 0 Å². The molecular weight excluding hydrogens is 362 g/mol. The van der Waals surface area contributed by atoms with E-state index >= 15 is 0 Å². The zero-order valence-corrected chi connectivity index (χ0v) is 15.9. The molecule has 2 amide bonds. The van der Waals surface area contributed by atoms with Crippen LogP contribution in [-0.2, 0) is 14.3 Å². The van der Waals surface area contributed by atoms with E-state index in [0.29, 0.717) is 44.2 Å². The topological polar surface area (TPSA) is 89.1 Å². The maximum absolute atomic E-state index is 12.8. The van der Waals surface area contributed by atoms with Crippen LogP contribution in [0.15, 0.2) is 24.3 Å². The number of fused-ring (bicyclic) bond motifs is 1. The molecule has 0 bridgehead atoms. The Kier molecular flexibility index (Phi) is 5.97. The highest BCUT2D eigenvalue weighted by Crippen LogP contribution is 2.31. The molecule has 0 saturated carbocycles. The summed E-state index contributed by atoms with van der Waals surface area (Å²) in [4.78, 5) is 26.8. The zero-order valence-electron chi connectivity index (χ0n) is 15.9. The first kappa shape index (κ1) is 19.0. The van der Waals surface area contributed by atoms with Crippen LogP contribution in [0.25, 0.3) is 0 Å². The number of piperidine rings is 1. The van der Waals surface area contributed by atoms with Crippen molar-refractivity contribution in [2.75, 3.05) is 39.5 Å². The van der Waals surface area contributed by atoms with Crippen molar-refractivity contribution in [2.45, 2.75) is 37.5 Å². The molecule has 1 aromatic carbocycles. The van der Waals surface area contributed by atoms with Crippen LogP contribution < -0.4 is 20.1 Å².